The molecule has 6 heteroatoms. The highest BCUT2D eigenvalue weighted by atomic mass is 35.5. The molecule has 4 nitrogen and oxygen atoms in total. The maximum absolute atomic E-state index is 10.1. The highest BCUT2D eigenvalue weighted by Crippen LogP contribution is 1.99. The zero-order chi connectivity index (χ0) is 13.3. The number of carbonyl (C=O) groups is 3. The molecule has 1 aromatic rings. The van der Waals surface area contributed by atoms with Crippen LogP contribution in [0.2, 0.25) is 0 Å². The first-order valence-electron chi connectivity index (χ1n) is 4.29. The molecule has 0 fully saturated rings. The van der Waals surface area contributed by atoms with Crippen LogP contribution in [0.3, 0.4) is 0 Å². The molecule has 0 amide bonds. The molecule has 1 aromatic carbocycles. The number of carboxylic acids is 1. The SMILES string of the molecule is O=C(Cl)C(=O)Cl.O=C(O)C=Cc1ccccc1. The minimum Gasteiger partial charge on any atom is -0.478 e. The van der Waals surface area contributed by atoms with Gasteiger partial charge in [-0.25, -0.2) is 4.79 Å². The normalized spacial score (nSPS) is 9.29. The monoisotopic (exact) mass is 274 g/mol. The molecular formula is C11H8Cl2O4. The van der Waals surface area contributed by atoms with Crippen LogP contribution in [0.4, 0.5) is 0 Å². The Kier molecular flexibility index (Phi) is 7.67. The van der Waals surface area contributed by atoms with E-state index in [0.29, 0.717) is 0 Å². The number of hydrogen-bond donors (Lipinski definition) is 1. The van der Waals surface area contributed by atoms with Gasteiger partial charge in [-0.15, -0.1) is 0 Å². The molecule has 0 aliphatic heterocycles. The summed E-state index contributed by atoms with van der Waals surface area (Å²) in [4.78, 5) is 28.9. The average Bonchev–Trinajstić information content (AvgIpc) is 2.28. The molecule has 0 saturated carbocycles. The van der Waals surface area contributed by atoms with E-state index in [1.165, 1.54) is 0 Å². The van der Waals surface area contributed by atoms with Gasteiger partial charge in [0.2, 0.25) is 0 Å². The molecule has 0 aliphatic rings. The number of aliphatic carboxylic acids is 1. The Morgan fingerprint density at radius 2 is 1.47 bits per heavy atom. The topological polar surface area (TPSA) is 71.4 Å². The van der Waals surface area contributed by atoms with Crippen LogP contribution < -0.4 is 0 Å². The van der Waals surface area contributed by atoms with Crippen molar-refractivity contribution in [3.05, 3.63) is 42.0 Å². The Hall–Kier alpha value is -1.65. The standard InChI is InChI=1S/C9H8O2.C2Cl2O2/c10-9(11)7-6-8-4-2-1-3-5-8;3-1(5)2(4)6/h1-7H,(H,10,11);. The highest BCUT2D eigenvalue weighted by Gasteiger charge is 2.01. The fraction of sp³-hybridized carbons (Fsp3) is 0. The summed E-state index contributed by atoms with van der Waals surface area (Å²) in [6, 6.07) is 9.31. The number of hydrogen-bond acceptors (Lipinski definition) is 3. The summed E-state index contributed by atoms with van der Waals surface area (Å²) in [7, 11) is 0. The van der Waals surface area contributed by atoms with E-state index in [0.717, 1.165) is 11.6 Å². The molecule has 1 rings (SSSR count). The zero-order valence-corrected chi connectivity index (χ0v) is 9.98. The third kappa shape index (κ3) is 9.29. The van der Waals surface area contributed by atoms with Gasteiger partial charge >= 0.3 is 16.5 Å². The van der Waals surface area contributed by atoms with Crippen LogP contribution in [-0.2, 0) is 14.4 Å². The van der Waals surface area contributed by atoms with E-state index >= 15 is 0 Å². The summed E-state index contributed by atoms with van der Waals surface area (Å²) in [6.45, 7) is 0. The minimum atomic E-state index is -1.14. The van der Waals surface area contributed by atoms with Crippen molar-refractivity contribution in [3.8, 4) is 0 Å². The van der Waals surface area contributed by atoms with Gasteiger partial charge in [-0.3, -0.25) is 9.59 Å². The van der Waals surface area contributed by atoms with Crippen LogP contribution in [-0.4, -0.2) is 21.6 Å². The van der Waals surface area contributed by atoms with E-state index in [-0.39, 0.29) is 0 Å². The van der Waals surface area contributed by atoms with Crippen molar-refractivity contribution < 1.29 is 19.5 Å². The lowest BCUT2D eigenvalue weighted by Crippen LogP contribution is -1.94. The van der Waals surface area contributed by atoms with Crippen molar-refractivity contribution in [2.24, 2.45) is 0 Å². The van der Waals surface area contributed by atoms with Gasteiger partial charge in [-0.2, -0.15) is 0 Å². The Labute approximate surface area is 107 Å². The van der Waals surface area contributed by atoms with Crippen molar-refractivity contribution in [1.82, 2.24) is 0 Å². The van der Waals surface area contributed by atoms with Crippen molar-refractivity contribution in [3.63, 3.8) is 0 Å². The van der Waals surface area contributed by atoms with Gasteiger partial charge in [0.05, 0.1) is 0 Å². The molecule has 0 unspecified atom stereocenters. The van der Waals surface area contributed by atoms with Crippen molar-refractivity contribution >= 4 is 45.7 Å². The first-order valence-corrected chi connectivity index (χ1v) is 5.04. The van der Waals surface area contributed by atoms with E-state index in [4.69, 9.17) is 5.11 Å². The van der Waals surface area contributed by atoms with E-state index in [2.05, 4.69) is 23.2 Å². The minimum absolute atomic E-state index is 0.898. The molecule has 0 radical (unpaired) electrons. The van der Waals surface area contributed by atoms with Crippen molar-refractivity contribution in [1.29, 1.82) is 0 Å². The Morgan fingerprint density at radius 3 is 1.82 bits per heavy atom. The van der Waals surface area contributed by atoms with E-state index in [9.17, 15) is 14.4 Å². The summed E-state index contributed by atoms with van der Waals surface area (Å²) in [5.74, 6) is -0.922. The number of benzene rings is 1. The van der Waals surface area contributed by atoms with Gasteiger partial charge in [-0.05, 0) is 34.8 Å². The second-order valence-electron chi connectivity index (χ2n) is 2.63. The van der Waals surface area contributed by atoms with E-state index in [1.807, 2.05) is 30.3 Å². The van der Waals surface area contributed by atoms with Crippen LogP contribution >= 0.6 is 23.2 Å². The predicted octanol–water partition coefficient (Wildman–Crippen LogP) is 2.30. The molecular weight excluding hydrogens is 267 g/mol. The summed E-state index contributed by atoms with van der Waals surface area (Å²) >= 11 is 8.98. The molecule has 0 bridgehead atoms. The zero-order valence-electron chi connectivity index (χ0n) is 8.47. The Bertz CT molecular complexity index is 414. The van der Waals surface area contributed by atoms with Crippen LogP contribution in [0, 0.1) is 0 Å². The van der Waals surface area contributed by atoms with Crippen molar-refractivity contribution in [2.75, 3.05) is 0 Å². The number of carboxylic acid groups (broad SMARTS) is 1. The quantitative estimate of drug-likeness (QED) is 0.522. The van der Waals surface area contributed by atoms with Gasteiger partial charge in [0.25, 0.3) is 0 Å². The molecule has 0 heterocycles. The summed E-state index contributed by atoms with van der Waals surface area (Å²) in [5.41, 5.74) is 0.898. The lowest BCUT2D eigenvalue weighted by Gasteiger charge is -1.87. The van der Waals surface area contributed by atoms with Gasteiger partial charge in [0.15, 0.2) is 0 Å². The maximum Gasteiger partial charge on any atom is 0.328 e. The third-order valence-electron chi connectivity index (χ3n) is 1.37. The second-order valence-corrected chi connectivity index (χ2v) is 3.32. The first-order chi connectivity index (χ1) is 7.93. The lowest BCUT2D eigenvalue weighted by atomic mass is 10.2. The first kappa shape index (κ1) is 15.4. The van der Waals surface area contributed by atoms with Crippen LogP contribution in [0.25, 0.3) is 6.08 Å². The largest absolute Gasteiger partial charge is 0.478 e. The summed E-state index contributed by atoms with van der Waals surface area (Å²) < 4.78 is 0. The average molecular weight is 275 g/mol. The van der Waals surface area contributed by atoms with Gasteiger partial charge in [0, 0.05) is 6.08 Å². The Morgan fingerprint density at radius 1 is 1.00 bits per heavy atom. The van der Waals surface area contributed by atoms with Crippen LogP contribution in [0.1, 0.15) is 5.56 Å². The smallest absolute Gasteiger partial charge is 0.328 e. The fourth-order valence-corrected chi connectivity index (χ4v) is 0.732. The third-order valence-corrected chi connectivity index (χ3v) is 1.81. The van der Waals surface area contributed by atoms with Gasteiger partial charge < -0.3 is 5.11 Å². The molecule has 17 heavy (non-hydrogen) atoms. The lowest BCUT2D eigenvalue weighted by molar-refractivity contribution is -0.131. The van der Waals surface area contributed by atoms with E-state index < -0.39 is 16.5 Å². The molecule has 1 N–H and O–H groups in total. The second kappa shape index (κ2) is 8.50. The molecule has 0 atom stereocenters. The Balaban J connectivity index is 0.000000366. The van der Waals surface area contributed by atoms with Gasteiger partial charge in [-0.1, -0.05) is 30.3 Å². The number of rotatable bonds is 3. The summed E-state index contributed by atoms with van der Waals surface area (Å²) in [6.07, 6.45) is 2.68. The van der Waals surface area contributed by atoms with Gasteiger partial charge in [0.1, 0.15) is 0 Å². The molecule has 0 saturated heterocycles. The van der Waals surface area contributed by atoms with E-state index in [1.54, 1.807) is 6.08 Å². The molecule has 0 aliphatic carbocycles. The molecule has 90 valence electrons. The van der Waals surface area contributed by atoms with Crippen LogP contribution in [0.15, 0.2) is 36.4 Å². The highest BCUT2D eigenvalue weighted by molar-refractivity contribution is 6.97. The summed E-state index contributed by atoms with van der Waals surface area (Å²) in [5, 5.41) is 6.00. The molecule has 0 spiro atoms. The number of carbonyl (C=O) groups excluding carboxylic acids is 2. The predicted molar refractivity (Wildman–Crippen MR) is 64.8 cm³/mol. The van der Waals surface area contributed by atoms with Crippen LogP contribution in [0.5, 0.6) is 0 Å². The number of halogens is 2. The maximum atomic E-state index is 10.1. The van der Waals surface area contributed by atoms with Crippen molar-refractivity contribution in [2.45, 2.75) is 0 Å². The fourth-order valence-electron chi connectivity index (χ4n) is 0.732. The molecule has 0 aromatic heterocycles.